The Labute approximate surface area is 158 Å². The summed E-state index contributed by atoms with van der Waals surface area (Å²) in [6.07, 6.45) is 0.246. The van der Waals surface area contributed by atoms with Gasteiger partial charge in [0, 0.05) is 12.0 Å². The molecule has 0 aromatic heterocycles. The molecule has 0 saturated heterocycles. The highest BCUT2D eigenvalue weighted by Gasteiger charge is 2.21. The van der Waals surface area contributed by atoms with Crippen molar-refractivity contribution >= 4 is 11.9 Å². The molecule has 2 N–H and O–H groups in total. The minimum atomic E-state index is -1.05. The summed E-state index contributed by atoms with van der Waals surface area (Å²) in [4.78, 5) is 24.1. The number of aryl methyl sites for hydroxylation is 1. The van der Waals surface area contributed by atoms with Crippen LogP contribution in [0.1, 0.15) is 21.5 Å². The lowest BCUT2D eigenvalue weighted by atomic mass is 10.0. The topological polar surface area (TPSA) is 66.4 Å². The standard InChI is InChI=1S/C23H21NO3/c1-16-7-5-6-10-20(16)15-21(23(26)27)24-22(25)19-13-11-18(12-14-19)17-8-3-2-4-9-17/h2-14,21H,15H2,1H3,(H,24,25)(H,26,27)/t21-/m0/s1. The SMILES string of the molecule is Cc1ccccc1C[C@H](NC(=O)c1ccc(-c2ccccc2)cc1)C(=O)O. The third kappa shape index (κ3) is 4.61. The molecule has 136 valence electrons. The fraction of sp³-hybridized carbons (Fsp3) is 0.130. The van der Waals surface area contributed by atoms with Crippen molar-refractivity contribution in [2.45, 2.75) is 19.4 Å². The fourth-order valence-corrected chi connectivity index (χ4v) is 2.95. The predicted octanol–water partition coefficient (Wildman–Crippen LogP) is 4.09. The molecule has 3 rings (SSSR count). The number of hydrogen-bond donors (Lipinski definition) is 2. The van der Waals surface area contributed by atoms with Crippen LogP contribution in [0.3, 0.4) is 0 Å². The van der Waals surface area contributed by atoms with Crippen molar-refractivity contribution in [2.24, 2.45) is 0 Å². The van der Waals surface area contributed by atoms with E-state index >= 15 is 0 Å². The van der Waals surface area contributed by atoms with E-state index in [9.17, 15) is 14.7 Å². The summed E-state index contributed by atoms with van der Waals surface area (Å²) >= 11 is 0. The quantitative estimate of drug-likeness (QED) is 0.697. The van der Waals surface area contributed by atoms with Crippen molar-refractivity contribution in [3.05, 3.63) is 95.6 Å². The molecular weight excluding hydrogens is 338 g/mol. The average molecular weight is 359 g/mol. The number of hydrogen-bond acceptors (Lipinski definition) is 2. The van der Waals surface area contributed by atoms with E-state index in [2.05, 4.69) is 5.32 Å². The Balaban J connectivity index is 1.72. The Morgan fingerprint density at radius 1 is 0.852 bits per heavy atom. The third-order valence-electron chi connectivity index (χ3n) is 4.54. The van der Waals surface area contributed by atoms with Crippen molar-refractivity contribution in [3.63, 3.8) is 0 Å². The first kappa shape index (κ1) is 18.4. The number of aliphatic carboxylic acids is 1. The van der Waals surface area contributed by atoms with E-state index in [1.54, 1.807) is 12.1 Å². The second-order valence-electron chi connectivity index (χ2n) is 6.44. The summed E-state index contributed by atoms with van der Waals surface area (Å²) in [5, 5.41) is 12.1. The summed E-state index contributed by atoms with van der Waals surface area (Å²) in [6, 6.07) is 23.6. The molecule has 0 spiro atoms. The lowest BCUT2D eigenvalue weighted by Crippen LogP contribution is -2.42. The fourth-order valence-electron chi connectivity index (χ4n) is 2.95. The number of carbonyl (C=O) groups is 2. The van der Waals surface area contributed by atoms with Gasteiger partial charge in [-0.15, -0.1) is 0 Å². The number of benzene rings is 3. The molecule has 0 saturated carbocycles. The number of carbonyl (C=O) groups excluding carboxylic acids is 1. The zero-order valence-electron chi connectivity index (χ0n) is 15.1. The predicted molar refractivity (Wildman–Crippen MR) is 106 cm³/mol. The maximum absolute atomic E-state index is 12.5. The molecule has 0 heterocycles. The maximum atomic E-state index is 12.5. The van der Waals surface area contributed by atoms with Gasteiger partial charge in [-0.2, -0.15) is 0 Å². The monoisotopic (exact) mass is 359 g/mol. The van der Waals surface area contributed by atoms with E-state index in [0.29, 0.717) is 5.56 Å². The molecule has 0 aliphatic rings. The maximum Gasteiger partial charge on any atom is 0.326 e. The van der Waals surface area contributed by atoms with Crippen LogP contribution in [-0.4, -0.2) is 23.0 Å². The Kier molecular flexibility index (Phi) is 5.67. The normalized spacial score (nSPS) is 11.6. The van der Waals surface area contributed by atoms with Crippen LogP contribution in [0.25, 0.3) is 11.1 Å². The molecule has 3 aromatic carbocycles. The van der Waals surface area contributed by atoms with Crippen LogP contribution in [0.5, 0.6) is 0 Å². The van der Waals surface area contributed by atoms with Crippen LogP contribution in [-0.2, 0) is 11.2 Å². The van der Waals surface area contributed by atoms with E-state index in [0.717, 1.165) is 22.3 Å². The number of carboxylic acid groups (broad SMARTS) is 1. The first-order chi connectivity index (χ1) is 13.0. The first-order valence-electron chi connectivity index (χ1n) is 8.78. The molecule has 0 aliphatic carbocycles. The van der Waals surface area contributed by atoms with Crippen LogP contribution in [0.2, 0.25) is 0 Å². The summed E-state index contributed by atoms with van der Waals surface area (Å²) in [5.41, 5.74) is 4.41. The number of amides is 1. The van der Waals surface area contributed by atoms with Gasteiger partial charge in [-0.3, -0.25) is 4.79 Å². The van der Waals surface area contributed by atoms with E-state index in [1.807, 2.05) is 73.7 Å². The smallest absolute Gasteiger partial charge is 0.326 e. The van der Waals surface area contributed by atoms with Gasteiger partial charge in [-0.05, 0) is 41.3 Å². The van der Waals surface area contributed by atoms with Crippen molar-refractivity contribution in [1.29, 1.82) is 0 Å². The van der Waals surface area contributed by atoms with E-state index < -0.39 is 17.9 Å². The lowest BCUT2D eigenvalue weighted by molar-refractivity contribution is -0.139. The van der Waals surface area contributed by atoms with Gasteiger partial charge in [0.1, 0.15) is 6.04 Å². The molecule has 1 amide bonds. The molecule has 4 nitrogen and oxygen atoms in total. The van der Waals surface area contributed by atoms with Crippen molar-refractivity contribution in [3.8, 4) is 11.1 Å². The summed E-state index contributed by atoms with van der Waals surface area (Å²) in [6.45, 7) is 1.93. The molecule has 0 bridgehead atoms. The van der Waals surface area contributed by atoms with Crippen LogP contribution in [0.15, 0.2) is 78.9 Å². The van der Waals surface area contributed by atoms with Crippen molar-refractivity contribution in [1.82, 2.24) is 5.32 Å². The molecule has 1 atom stereocenters. The number of rotatable bonds is 6. The molecule has 0 unspecified atom stereocenters. The van der Waals surface area contributed by atoms with Gasteiger partial charge in [0.25, 0.3) is 5.91 Å². The second-order valence-corrected chi connectivity index (χ2v) is 6.44. The molecule has 0 aliphatic heterocycles. The Hall–Kier alpha value is -3.40. The summed E-state index contributed by atoms with van der Waals surface area (Å²) in [7, 11) is 0. The number of carboxylic acids is 1. The first-order valence-corrected chi connectivity index (χ1v) is 8.78. The second kappa shape index (κ2) is 8.32. The minimum Gasteiger partial charge on any atom is -0.480 e. The number of nitrogens with one attached hydrogen (secondary N) is 1. The summed E-state index contributed by atoms with van der Waals surface area (Å²) in [5.74, 6) is -1.44. The lowest BCUT2D eigenvalue weighted by Gasteiger charge is -2.16. The van der Waals surface area contributed by atoms with Crippen LogP contribution < -0.4 is 5.32 Å². The Morgan fingerprint density at radius 2 is 1.44 bits per heavy atom. The zero-order valence-corrected chi connectivity index (χ0v) is 15.1. The van der Waals surface area contributed by atoms with Gasteiger partial charge >= 0.3 is 5.97 Å². The molecule has 3 aromatic rings. The van der Waals surface area contributed by atoms with Gasteiger partial charge in [0.05, 0.1) is 0 Å². The van der Waals surface area contributed by atoms with E-state index in [-0.39, 0.29) is 6.42 Å². The van der Waals surface area contributed by atoms with Crippen molar-refractivity contribution in [2.75, 3.05) is 0 Å². The molecule has 4 heteroatoms. The Morgan fingerprint density at radius 3 is 2.07 bits per heavy atom. The Bertz CT molecular complexity index is 933. The largest absolute Gasteiger partial charge is 0.480 e. The van der Waals surface area contributed by atoms with Gasteiger partial charge in [0.2, 0.25) is 0 Å². The summed E-state index contributed by atoms with van der Waals surface area (Å²) < 4.78 is 0. The van der Waals surface area contributed by atoms with Gasteiger partial charge in [0.15, 0.2) is 0 Å². The highest BCUT2D eigenvalue weighted by Crippen LogP contribution is 2.19. The van der Waals surface area contributed by atoms with Gasteiger partial charge in [-0.25, -0.2) is 4.79 Å². The van der Waals surface area contributed by atoms with Gasteiger partial charge in [-0.1, -0.05) is 66.7 Å². The van der Waals surface area contributed by atoms with Crippen LogP contribution in [0.4, 0.5) is 0 Å². The van der Waals surface area contributed by atoms with Crippen LogP contribution in [0, 0.1) is 6.92 Å². The minimum absolute atomic E-state index is 0.246. The molecular formula is C23H21NO3. The average Bonchev–Trinajstić information content (AvgIpc) is 2.69. The zero-order chi connectivity index (χ0) is 19.2. The van der Waals surface area contributed by atoms with E-state index in [1.165, 1.54) is 0 Å². The van der Waals surface area contributed by atoms with Gasteiger partial charge < -0.3 is 10.4 Å². The molecule has 0 radical (unpaired) electrons. The molecule has 27 heavy (non-hydrogen) atoms. The highest BCUT2D eigenvalue weighted by atomic mass is 16.4. The highest BCUT2D eigenvalue weighted by molar-refractivity contribution is 5.97. The molecule has 0 fully saturated rings. The van der Waals surface area contributed by atoms with Crippen LogP contribution >= 0.6 is 0 Å². The van der Waals surface area contributed by atoms with Crippen molar-refractivity contribution < 1.29 is 14.7 Å². The third-order valence-corrected chi connectivity index (χ3v) is 4.54. The van der Waals surface area contributed by atoms with E-state index in [4.69, 9.17) is 0 Å².